The fraction of sp³-hybridized carbons (Fsp3) is 0.435. The number of carbonyl (C=O) groups is 1. The number of hydrogen-bond donors (Lipinski definition) is 0. The molecule has 0 radical (unpaired) electrons. The molecule has 0 aliphatic carbocycles. The van der Waals surface area contributed by atoms with Crippen molar-refractivity contribution in [1.82, 2.24) is 29.0 Å². The van der Waals surface area contributed by atoms with E-state index in [0.717, 1.165) is 43.1 Å². The van der Waals surface area contributed by atoms with Gasteiger partial charge in [0.15, 0.2) is 0 Å². The third-order valence-electron chi connectivity index (χ3n) is 6.18. The standard InChI is InChI=1S/C23H27N7O2S/c1-2-3-11-29-22(32)21-17(9-16-33-21)30-19(25-26-23(29)30)7-8-20(31)28-14-12-27(13-15-28)18-6-4-5-10-24-18/h4-6,9-10,16H,2-3,7-8,11-15H2,1H3. The fourth-order valence-corrected chi connectivity index (χ4v) is 5.19. The molecule has 5 rings (SSSR count). The Balaban J connectivity index is 1.31. The summed E-state index contributed by atoms with van der Waals surface area (Å²) < 4.78 is 4.38. The van der Waals surface area contributed by atoms with E-state index >= 15 is 0 Å². The zero-order valence-corrected chi connectivity index (χ0v) is 19.5. The van der Waals surface area contributed by atoms with E-state index < -0.39 is 0 Å². The van der Waals surface area contributed by atoms with Crippen LogP contribution in [0.25, 0.3) is 16.0 Å². The lowest BCUT2D eigenvalue weighted by atomic mass is 10.2. The Kier molecular flexibility index (Phi) is 6.08. The van der Waals surface area contributed by atoms with Crippen LogP contribution in [0.4, 0.5) is 5.82 Å². The molecule has 5 heterocycles. The molecule has 0 atom stereocenters. The van der Waals surface area contributed by atoms with Crippen molar-refractivity contribution in [2.45, 2.75) is 39.2 Å². The van der Waals surface area contributed by atoms with Crippen molar-refractivity contribution in [2.75, 3.05) is 31.1 Å². The summed E-state index contributed by atoms with van der Waals surface area (Å²) in [6, 6.07) is 7.82. The molecule has 1 fully saturated rings. The molecule has 0 spiro atoms. The van der Waals surface area contributed by atoms with Crippen LogP contribution in [0.15, 0.2) is 40.6 Å². The third kappa shape index (κ3) is 4.10. The van der Waals surface area contributed by atoms with Gasteiger partial charge in [0.05, 0.1) is 5.52 Å². The van der Waals surface area contributed by atoms with Crippen molar-refractivity contribution in [3.05, 3.63) is 52.0 Å². The van der Waals surface area contributed by atoms with Crippen LogP contribution in [0.2, 0.25) is 0 Å². The van der Waals surface area contributed by atoms with Crippen molar-refractivity contribution in [3.8, 4) is 0 Å². The number of fused-ring (bicyclic) bond motifs is 3. The van der Waals surface area contributed by atoms with E-state index in [0.29, 0.717) is 43.0 Å². The predicted molar refractivity (Wildman–Crippen MR) is 129 cm³/mol. The number of hydrogen-bond acceptors (Lipinski definition) is 7. The largest absolute Gasteiger partial charge is 0.353 e. The van der Waals surface area contributed by atoms with Crippen LogP contribution in [-0.2, 0) is 17.8 Å². The quantitative estimate of drug-likeness (QED) is 0.417. The summed E-state index contributed by atoms with van der Waals surface area (Å²) in [4.78, 5) is 34.4. The van der Waals surface area contributed by atoms with Crippen LogP contribution in [0, 0.1) is 0 Å². The van der Waals surface area contributed by atoms with Crippen LogP contribution >= 0.6 is 11.3 Å². The minimum absolute atomic E-state index is 0.0123. The van der Waals surface area contributed by atoms with Gasteiger partial charge in [0.25, 0.3) is 5.56 Å². The first-order chi connectivity index (χ1) is 16.2. The van der Waals surface area contributed by atoms with Gasteiger partial charge in [-0.2, -0.15) is 0 Å². The molecule has 9 nitrogen and oxygen atoms in total. The molecular weight excluding hydrogens is 438 g/mol. The molecule has 1 amide bonds. The summed E-state index contributed by atoms with van der Waals surface area (Å²) in [6.45, 7) is 5.63. The summed E-state index contributed by atoms with van der Waals surface area (Å²) in [5.74, 6) is 2.35. The van der Waals surface area contributed by atoms with Crippen LogP contribution < -0.4 is 10.5 Å². The van der Waals surface area contributed by atoms with Gasteiger partial charge in [-0.15, -0.1) is 21.5 Å². The number of piperazine rings is 1. The van der Waals surface area contributed by atoms with Crippen LogP contribution in [0.3, 0.4) is 0 Å². The lowest BCUT2D eigenvalue weighted by Gasteiger charge is -2.35. The Hall–Kier alpha value is -3.27. The topological polar surface area (TPSA) is 88.6 Å². The molecule has 0 N–H and O–H groups in total. The number of thiophene rings is 1. The first-order valence-electron chi connectivity index (χ1n) is 11.4. The first-order valence-corrected chi connectivity index (χ1v) is 12.3. The van der Waals surface area contributed by atoms with Crippen molar-refractivity contribution in [2.24, 2.45) is 0 Å². The van der Waals surface area contributed by atoms with Gasteiger partial charge in [0, 0.05) is 51.8 Å². The highest BCUT2D eigenvalue weighted by molar-refractivity contribution is 7.17. The molecule has 0 aromatic carbocycles. The Labute approximate surface area is 195 Å². The van der Waals surface area contributed by atoms with Gasteiger partial charge in [-0.05, 0) is 30.0 Å². The molecule has 10 heteroatoms. The number of rotatable bonds is 7. The molecule has 172 valence electrons. The van der Waals surface area contributed by atoms with Gasteiger partial charge in [-0.3, -0.25) is 18.6 Å². The second-order valence-electron chi connectivity index (χ2n) is 8.25. The molecule has 4 aromatic rings. The van der Waals surface area contributed by atoms with Crippen molar-refractivity contribution >= 4 is 39.1 Å². The zero-order valence-electron chi connectivity index (χ0n) is 18.7. The SMILES string of the molecule is CCCCn1c(=O)c2sccc2n2c(CCC(=O)N3CCN(c4ccccn4)CC3)nnc12. The molecule has 0 saturated carbocycles. The summed E-state index contributed by atoms with van der Waals surface area (Å²) in [6.07, 6.45) is 4.53. The Morgan fingerprint density at radius 2 is 1.97 bits per heavy atom. The van der Waals surface area contributed by atoms with E-state index in [9.17, 15) is 9.59 Å². The van der Waals surface area contributed by atoms with Gasteiger partial charge in [-0.1, -0.05) is 19.4 Å². The molecule has 33 heavy (non-hydrogen) atoms. The number of aryl methyl sites for hydroxylation is 2. The molecule has 4 aromatic heterocycles. The minimum atomic E-state index is -0.0123. The summed E-state index contributed by atoms with van der Waals surface area (Å²) >= 11 is 1.44. The van der Waals surface area contributed by atoms with Crippen molar-refractivity contribution in [1.29, 1.82) is 0 Å². The van der Waals surface area contributed by atoms with E-state index in [4.69, 9.17) is 0 Å². The first kappa shape index (κ1) is 21.6. The highest BCUT2D eigenvalue weighted by Gasteiger charge is 2.23. The average Bonchev–Trinajstić information content (AvgIpc) is 3.50. The second kappa shape index (κ2) is 9.30. The third-order valence-corrected chi connectivity index (χ3v) is 7.07. The van der Waals surface area contributed by atoms with Gasteiger partial charge >= 0.3 is 0 Å². The molecule has 1 saturated heterocycles. The fourth-order valence-electron chi connectivity index (χ4n) is 4.36. The highest BCUT2D eigenvalue weighted by Crippen LogP contribution is 2.21. The Morgan fingerprint density at radius 1 is 1.12 bits per heavy atom. The van der Waals surface area contributed by atoms with Gasteiger partial charge in [-0.25, -0.2) is 4.98 Å². The zero-order chi connectivity index (χ0) is 22.8. The van der Waals surface area contributed by atoms with E-state index in [2.05, 4.69) is 27.0 Å². The summed E-state index contributed by atoms with van der Waals surface area (Å²) in [5, 5.41) is 10.6. The Morgan fingerprint density at radius 3 is 2.73 bits per heavy atom. The predicted octanol–water partition coefficient (Wildman–Crippen LogP) is 2.58. The van der Waals surface area contributed by atoms with Crippen molar-refractivity contribution < 1.29 is 4.79 Å². The number of unbranched alkanes of at least 4 members (excludes halogenated alkanes) is 1. The monoisotopic (exact) mass is 465 g/mol. The second-order valence-corrected chi connectivity index (χ2v) is 9.17. The maximum Gasteiger partial charge on any atom is 0.272 e. The summed E-state index contributed by atoms with van der Waals surface area (Å²) in [5.41, 5.74) is 0.811. The number of anilines is 1. The number of aromatic nitrogens is 5. The number of carbonyl (C=O) groups excluding carboxylic acids is 1. The van der Waals surface area contributed by atoms with Gasteiger partial charge < -0.3 is 9.80 Å². The number of amides is 1. The van der Waals surface area contributed by atoms with E-state index in [-0.39, 0.29) is 11.5 Å². The maximum atomic E-state index is 12.9. The number of pyridine rings is 1. The normalized spacial score (nSPS) is 14.5. The molecule has 0 bridgehead atoms. The minimum Gasteiger partial charge on any atom is -0.353 e. The van der Waals surface area contributed by atoms with E-state index in [1.54, 1.807) is 10.8 Å². The number of nitrogens with zero attached hydrogens (tertiary/aromatic N) is 7. The maximum absolute atomic E-state index is 12.9. The lowest BCUT2D eigenvalue weighted by Crippen LogP contribution is -2.49. The summed E-state index contributed by atoms with van der Waals surface area (Å²) in [7, 11) is 0. The van der Waals surface area contributed by atoms with Gasteiger partial charge in [0.2, 0.25) is 11.7 Å². The smallest absolute Gasteiger partial charge is 0.272 e. The lowest BCUT2D eigenvalue weighted by molar-refractivity contribution is -0.131. The Bertz CT molecular complexity index is 1320. The van der Waals surface area contributed by atoms with Crippen LogP contribution in [0.5, 0.6) is 0 Å². The van der Waals surface area contributed by atoms with Crippen LogP contribution in [0.1, 0.15) is 32.0 Å². The van der Waals surface area contributed by atoms with Crippen LogP contribution in [-0.4, -0.2) is 61.1 Å². The average molecular weight is 466 g/mol. The van der Waals surface area contributed by atoms with E-state index in [1.165, 1.54) is 11.3 Å². The molecular formula is C23H27N7O2S. The van der Waals surface area contributed by atoms with Gasteiger partial charge in [0.1, 0.15) is 16.3 Å². The molecule has 0 unspecified atom stereocenters. The van der Waals surface area contributed by atoms with E-state index in [1.807, 2.05) is 38.9 Å². The highest BCUT2D eigenvalue weighted by atomic mass is 32.1. The molecule has 1 aliphatic heterocycles. The van der Waals surface area contributed by atoms with Crippen molar-refractivity contribution in [3.63, 3.8) is 0 Å². The molecule has 1 aliphatic rings.